The van der Waals surface area contributed by atoms with Crippen molar-refractivity contribution in [3.8, 4) is 11.3 Å². The molecule has 1 amide bonds. The Kier molecular flexibility index (Phi) is 7.07. The predicted octanol–water partition coefficient (Wildman–Crippen LogP) is 6.76. The smallest absolute Gasteiger partial charge is 0.352 e. The average molecular weight is 560 g/mol. The molecule has 2 aromatic heterocycles. The van der Waals surface area contributed by atoms with E-state index >= 15 is 0 Å². The van der Waals surface area contributed by atoms with Crippen molar-refractivity contribution in [3.63, 3.8) is 0 Å². The van der Waals surface area contributed by atoms with E-state index in [9.17, 15) is 18.0 Å². The second-order valence-corrected chi connectivity index (χ2v) is 10.2. The Morgan fingerprint density at radius 2 is 1.66 bits per heavy atom. The first kappa shape index (κ1) is 26.7. The summed E-state index contributed by atoms with van der Waals surface area (Å²) >= 11 is 0. The number of nitrogens with zero attached hydrogens (tertiary/aromatic N) is 5. The van der Waals surface area contributed by atoms with Crippen LogP contribution in [0.1, 0.15) is 41.5 Å². The fourth-order valence-corrected chi connectivity index (χ4v) is 5.19. The van der Waals surface area contributed by atoms with E-state index in [0.717, 1.165) is 46.7 Å². The number of unbranched alkanes of at least 4 members (excludes halogenated alkanes) is 1. The predicted molar refractivity (Wildman–Crippen MR) is 151 cm³/mol. The highest BCUT2D eigenvalue weighted by atomic mass is 19.4. The fourth-order valence-electron chi connectivity index (χ4n) is 5.19. The van der Waals surface area contributed by atoms with Gasteiger partial charge in [0.1, 0.15) is 22.7 Å². The van der Waals surface area contributed by atoms with E-state index in [1.165, 1.54) is 12.1 Å². The Labute approximate surface area is 234 Å². The first-order valence-corrected chi connectivity index (χ1v) is 13.7. The molecule has 1 aliphatic heterocycles. The molecule has 0 spiro atoms. The minimum absolute atomic E-state index is 0.232. The summed E-state index contributed by atoms with van der Waals surface area (Å²) in [6.45, 7) is 3.89. The van der Waals surface area contributed by atoms with Crippen molar-refractivity contribution in [1.29, 1.82) is 0 Å². The van der Waals surface area contributed by atoms with Crippen LogP contribution in [0.3, 0.4) is 0 Å². The molecule has 0 saturated carbocycles. The number of carbonyl (C=O) groups is 1. The molecule has 10 heteroatoms. The third-order valence-electron chi connectivity index (χ3n) is 7.47. The molecule has 7 nitrogen and oxygen atoms in total. The number of hydrogen-bond acceptors (Lipinski definition) is 6. The average Bonchev–Trinajstić information content (AvgIpc) is 3.43. The molecule has 0 atom stereocenters. The molecule has 0 unspecified atom stereocenters. The second-order valence-electron chi connectivity index (χ2n) is 10.2. The highest BCUT2D eigenvalue weighted by Crippen LogP contribution is 2.36. The Morgan fingerprint density at radius 3 is 2.37 bits per heavy atom. The van der Waals surface area contributed by atoms with Crippen LogP contribution >= 0.6 is 0 Å². The lowest BCUT2D eigenvalue weighted by atomic mass is 10.0. The van der Waals surface area contributed by atoms with Gasteiger partial charge >= 0.3 is 6.18 Å². The summed E-state index contributed by atoms with van der Waals surface area (Å²) < 4.78 is 44.6. The number of piperazine rings is 1. The number of hydrogen-bond donors (Lipinski definition) is 0. The number of fused-ring (bicyclic) bond motifs is 2. The van der Waals surface area contributed by atoms with Gasteiger partial charge in [-0.05, 0) is 47.5 Å². The van der Waals surface area contributed by atoms with Gasteiger partial charge in [-0.1, -0.05) is 54.9 Å². The summed E-state index contributed by atoms with van der Waals surface area (Å²) in [6, 6.07) is 18.6. The van der Waals surface area contributed by atoms with Crippen LogP contribution in [0.2, 0.25) is 0 Å². The zero-order valence-electron chi connectivity index (χ0n) is 22.5. The zero-order chi connectivity index (χ0) is 28.6. The number of rotatable bonds is 6. The fraction of sp³-hybridized carbons (Fsp3) is 0.290. The topological polar surface area (TPSA) is 75.4 Å². The van der Waals surface area contributed by atoms with Crippen molar-refractivity contribution in [1.82, 2.24) is 20.0 Å². The number of carbonyl (C=O) groups excluding carboxylic acids is 1. The summed E-state index contributed by atoms with van der Waals surface area (Å²) in [5.41, 5.74) is 1.43. The van der Waals surface area contributed by atoms with Gasteiger partial charge in [0.2, 0.25) is 0 Å². The highest BCUT2D eigenvalue weighted by Gasteiger charge is 2.31. The minimum atomic E-state index is -4.44. The van der Waals surface area contributed by atoms with Crippen LogP contribution in [-0.2, 0) is 12.6 Å². The van der Waals surface area contributed by atoms with Gasteiger partial charge < -0.3 is 14.3 Å². The van der Waals surface area contributed by atoms with Crippen molar-refractivity contribution in [2.45, 2.75) is 32.4 Å². The molecule has 0 radical (unpaired) electrons. The van der Waals surface area contributed by atoms with Crippen molar-refractivity contribution < 1.29 is 22.5 Å². The Balaban J connectivity index is 1.29. The van der Waals surface area contributed by atoms with Gasteiger partial charge in [0, 0.05) is 43.7 Å². The number of aromatic nitrogens is 3. The molecule has 41 heavy (non-hydrogen) atoms. The molecule has 6 rings (SSSR count). The van der Waals surface area contributed by atoms with E-state index in [2.05, 4.69) is 34.1 Å². The molecule has 1 saturated heterocycles. The molecule has 1 fully saturated rings. The van der Waals surface area contributed by atoms with Crippen LogP contribution in [0.15, 0.2) is 71.3 Å². The van der Waals surface area contributed by atoms with E-state index in [0.29, 0.717) is 55.6 Å². The lowest BCUT2D eigenvalue weighted by Crippen LogP contribution is -2.49. The molecular weight excluding hydrogens is 531 g/mol. The van der Waals surface area contributed by atoms with Crippen molar-refractivity contribution in [2.24, 2.45) is 0 Å². The number of benzene rings is 3. The van der Waals surface area contributed by atoms with Crippen LogP contribution in [0.5, 0.6) is 0 Å². The number of anilines is 1. The highest BCUT2D eigenvalue weighted by molar-refractivity contribution is 6.00. The normalized spacial score (nSPS) is 14.2. The van der Waals surface area contributed by atoms with E-state index < -0.39 is 11.7 Å². The Morgan fingerprint density at radius 1 is 0.927 bits per heavy atom. The van der Waals surface area contributed by atoms with E-state index in [4.69, 9.17) is 9.51 Å². The summed E-state index contributed by atoms with van der Waals surface area (Å²) in [6.07, 6.45) is -1.80. The van der Waals surface area contributed by atoms with Gasteiger partial charge in [0.25, 0.3) is 11.6 Å². The van der Waals surface area contributed by atoms with Crippen LogP contribution in [0.4, 0.5) is 19.0 Å². The molecule has 0 aliphatic carbocycles. The summed E-state index contributed by atoms with van der Waals surface area (Å²) in [5, 5.41) is 7.34. The number of amides is 1. The van der Waals surface area contributed by atoms with E-state index in [-0.39, 0.29) is 11.5 Å². The molecule has 3 aromatic carbocycles. The maximum absolute atomic E-state index is 13.1. The SMILES string of the molecule is CCCCc1nc(N2CCN(C(=O)c3ccc(C(F)(F)F)cc3)CC2)c2c(-c3ccc4ccccc4c3)noc2n1. The lowest BCUT2D eigenvalue weighted by Gasteiger charge is -2.35. The van der Waals surface area contributed by atoms with E-state index in [1.807, 2.05) is 30.3 Å². The molecule has 3 heterocycles. The third-order valence-corrected chi connectivity index (χ3v) is 7.47. The monoisotopic (exact) mass is 559 g/mol. The van der Waals surface area contributed by atoms with Crippen molar-refractivity contribution >= 4 is 33.6 Å². The minimum Gasteiger partial charge on any atom is -0.352 e. The van der Waals surface area contributed by atoms with Gasteiger partial charge in [-0.15, -0.1) is 0 Å². The standard InChI is InChI=1S/C31H28F3N5O2/c1-2-3-8-25-35-28(26-27(37-41-29(26)36-25)23-10-9-20-6-4-5-7-22(20)19-23)38-15-17-39(18-16-38)30(40)21-11-13-24(14-12-21)31(32,33)34/h4-7,9-14,19H,2-3,8,15-18H2,1H3. The number of alkyl halides is 3. The van der Waals surface area contributed by atoms with Crippen molar-refractivity contribution in [3.05, 3.63) is 83.7 Å². The maximum atomic E-state index is 13.1. The maximum Gasteiger partial charge on any atom is 0.416 e. The molecule has 5 aromatic rings. The molecule has 0 bridgehead atoms. The first-order valence-electron chi connectivity index (χ1n) is 13.7. The van der Waals surface area contributed by atoms with Gasteiger partial charge in [0.05, 0.1) is 5.56 Å². The number of aryl methyl sites for hydroxylation is 1. The number of halogens is 3. The van der Waals surface area contributed by atoms with Gasteiger partial charge in [0.15, 0.2) is 0 Å². The molecule has 210 valence electrons. The Hall–Kier alpha value is -4.47. The van der Waals surface area contributed by atoms with Crippen molar-refractivity contribution in [2.75, 3.05) is 31.1 Å². The summed E-state index contributed by atoms with van der Waals surface area (Å²) in [4.78, 5) is 26.5. The van der Waals surface area contributed by atoms with Crippen LogP contribution in [0.25, 0.3) is 33.1 Å². The zero-order valence-corrected chi connectivity index (χ0v) is 22.5. The van der Waals surface area contributed by atoms with Crippen LogP contribution < -0.4 is 4.90 Å². The summed E-state index contributed by atoms with van der Waals surface area (Å²) in [7, 11) is 0. The molecule has 0 N–H and O–H groups in total. The van der Waals surface area contributed by atoms with E-state index in [1.54, 1.807) is 4.90 Å². The van der Waals surface area contributed by atoms with Gasteiger partial charge in [-0.3, -0.25) is 4.79 Å². The van der Waals surface area contributed by atoms with Gasteiger partial charge in [-0.25, -0.2) is 4.98 Å². The lowest BCUT2D eigenvalue weighted by molar-refractivity contribution is -0.137. The van der Waals surface area contributed by atoms with Crippen LogP contribution in [0, 0.1) is 0 Å². The second kappa shape index (κ2) is 10.8. The summed E-state index contributed by atoms with van der Waals surface area (Å²) in [5.74, 6) is 1.10. The quantitative estimate of drug-likeness (QED) is 0.229. The molecular formula is C31H28F3N5O2. The molecule has 1 aliphatic rings. The van der Waals surface area contributed by atoms with Crippen LogP contribution in [-0.4, -0.2) is 52.1 Å². The largest absolute Gasteiger partial charge is 0.416 e. The van der Waals surface area contributed by atoms with Gasteiger partial charge in [-0.2, -0.15) is 18.2 Å². The first-order chi connectivity index (χ1) is 19.8. The third kappa shape index (κ3) is 5.33. The Bertz CT molecular complexity index is 1710.